The highest BCUT2D eigenvalue weighted by Crippen LogP contribution is 2.25. The van der Waals surface area contributed by atoms with Crippen LogP contribution in [0.4, 0.5) is 0 Å². The molecule has 2 aromatic heterocycles. The zero-order valence-electron chi connectivity index (χ0n) is 11.7. The van der Waals surface area contributed by atoms with Gasteiger partial charge in [0.25, 0.3) is 0 Å². The minimum atomic E-state index is -0.861. The Morgan fingerprint density at radius 2 is 1.95 bits per heavy atom. The molecule has 0 aromatic carbocycles. The summed E-state index contributed by atoms with van der Waals surface area (Å²) in [6, 6.07) is 5.54. The lowest BCUT2D eigenvalue weighted by atomic mass is 10.0. The van der Waals surface area contributed by atoms with Crippen molar-refractivity contribution in [2.24, 2.45) is 0 Å². The average molecular weight is 286 g/mol. The van der Waals surface area contributed by atoms with E-state index in [2.05, 4.69) is 14.9 Å². The van der Waals surface area contributed by atoms with Crippen LogP contribution in [-0.2, 0) is 6.54 Å². The first-order valence-electron chi connectivity index (χ1n) is 7.12. The number of carboxylic acid groups (broad SMARTS) is 1. The van der Waals surface area contributed by atoms with Gasteiger partial charge in [-0.2, -0.15) is 0 Å². The monoisotopic (exact) mass is 286 g/mol. The number of hydrogen-bond donors (Lipinski definition) is 1. The van der Waals surface area contributed by atoms with Crippen LogP contribution in [0.15, 0.2) is 36.8 Å². The summed E-state index contributed by atoms with van der Waals surface area (Å²) in [5, 5.41) is 9.18. The lowest BCUT2D eigenvalue weighted by Crippen LogP contribution is -2.35. The minimum absolute atomic E-state index is 0.263. The van der Waals surface area contributed by atoms with Gasteiger partial charge in [-0.1, -0.05) is 0 Å². The minimum Gasteiger partial charge on any atom is -0.477 e. The van der Waals surface area contributed by atoms with Gasteiger partial charge in [-0.15, -0.1) is 0 Å². The first kappa shape index (κ1) is 13.8. The molecular weight excluding hydrogens is 268 g/mol. The summed E-state index contributed by atoms with van der Waals surface area (Å²) in [6.07, 6.45) is 7.27. The van der Waals surface area contributed by atoms with Crippen molar-refractivity contribution < 1.29 is 9.90 Å². The van der Waals surface area contributed by atoms with Crippen molar-refractivity contribution in [3.05, 3.63) is 48.3 Å². The van der Waals surface area contributed by atoms with Crippen LogP contribution in [0.5, 0.6) is 0 Å². The van der Waals surface area contributed by atoms with E-state index in [-0.39, 0.29) is 6.04 Å². The second kappa shape index (κ2) is 6.05. The molecule has 1 N–H and O–H groups in total. The highest BCUT2D eigenvalue weighted by Gasteiger charge is 2.23. The molecular formula is C15H18N4O2. The highest BCUT2D eigenvalue weighted by molar-refractivity contribution is 5.85. The lowest BCUT2D eigenvalue weighted by molar-refractivity contribution is 0.0678. The Labute approximate surface area is 123 Å². The summed E-state index contributed by atoms with van der Waals surface area (Å²) in [6.45, 7) is 2.62. The van der Waals surface area contributed by atoms with Crippen LogP contribution < -0.4 is 0 Å². The molecule has 6 heteroatoms. The Kier molecular flexibility index (Phi) is 3.96. The van der Waals surface area contributed by atoms with Crippen LogP contribution in [0.25, 0.3) is 0 Å². The summed E-state index contributed by atoms with van der Waals surface area (Å²) in [4.78, 5) is 22.0. The first-order valence-corrected chi connectivity index (χ1v) is 7.12. The van der Waals surface area contributed by atoms with Crippen molar-refractivity contribution in [3.8, 4) is 0 Å². The maximum atomic E-state index is 11.2. The first-order chi connectivity index (χ1) is 10.2. The van der Waals surface area contributed by atoms with E-state index in [1.54, 1.807) is 24.5 Å². The number of carbonyl (C=O) groups is 1. The van der Waals surface area contributed by atoms with Gasteiger partial charge in [0.15, 0.2) is 0 Å². The van der Waals surface area contributed by atoms with Gasteiger partial charge in [-0.3, -0.25) is 4.90 Å². The number of aromatic nitrogens is 3. The standard InChI is InChI=1S/C15H18N4O2/c20-15(21)13-3-1-8-19(13)12-4-9-18(10-5-12)11-14-16-6-2-7-17-14/h1-3,6-8,12H,4-5,9-11H2,(H,20,21). The second-order valence-corrected chi connectivity index (χ2v) is 5.28. The largest absolute Gasteiger partial charge is 0.477 e. The molecule has 21 heavy (non-hydrogen) atoms. The van der Waals surface area contributed by atoms with Crippen molar-refractivity contribution in [1.29, 1.82) is 0 Å². The second-order valence-electron chi connectivity index (χ2n) is 5.28. The summed E-state index contributed by atoms with van der Waals surface area (Å²) < 4.78 is 1.89. The molecule has 0 bridgehead atoms. The number of rotatable bonds is 4. The van der Waals surface area contributed by atoms with Crippen molar-refractivity contribution in [3.63, 3.8) is 0 Å². The van der Waals surface area contributed by atoms with Gasteiger partial charge < -0.3 is 9.67 Å². The Morgan fingerprint density at radius 1 is 1.24 bits per heavy atom. The Balaban J connectivity index is 1.60. The Morgan fingerprint density at radius 3 is 2.62 bits per heavy atom. The van der Waals surface area contributed by atoms with Crippen molar-refractivity contribution >= 4 is 5.97 Å². The number of hydrogen-bond acceptors (Lipinski definition) is 4. The zero-order chi connectivity index (χ0) is 14.7. The van der Waals surface area contributed by atoms with E-state index >= 15 is 0 Å². The van der Waals surface area contributed by atoms with Crippen LogP contribution in [0.2, 0.25) is 0 Å². The topological polar surface area (TPSA) is 71.2 Å². The van der Waals surface area contributed by atoms with Gasteiger partial charge in [0.2, 0.25) is 0 Å². The van der Waals surface area contributed by atoms with E-state index in [1.165, 1.54) is 0 Å². The van der Waals surface area contributed by atoms with Crippen LogP contribution in [0.3, 0.4) is 0 Å². The Bertz CT molecular complexity index is 603. The SMILES string of the molecule is O=C(O)c1cccn1C1CCN(Cc2ncccn2)CC1. The number of carboxylic acids is 1. The average Bonchev–Trinajstić information content (AvgIpc) is 2.99. The van der Waals surface area contributed by atoms with Crippen LogP contribution >= 0.6 is 0 Å². The van der Waals surface area contributed by atoms with E-state index < -0.39 is 5.97 Å². The molecule has 0 aliphatic carbocycles. The van der Waals surface area contributed by atoms with E-state index in [4.69, 9.17) is 0 Å². The quantitative estimate of drug-likeness (QED) is 0.928. The summed E-state index contributed by atoms with van der Waals surface area (Å²) in [7, 11) is 0. The smallest absolute Gasteiger partial charge is 0.352 e. The highest BCUT2D eigenvalue weighted by atomic mass is 16.4. The molecule has 1 aliphatic heterocycles. The molecule has 6 nitrogen and oxygen atoms in total. The normalized spacial score (nSPS) is 17.0. The number of piperidine rings is 1. The summed E-state index contributed by atoms with van der Waals surface area (Å²) >= 11 is 0. The van der Waals surface area contributed by atoms with Gasteiger partial charge >= 0.3 is 5.97 Å². The molecule has 1 saturated heterocycles. The molecule has 0 radical (unpaired) electrons. The fourth-order valence-electron chi connectivity index (χ4n) is 2.86. The molecule has 0 atom stereocenters. The molecule has 3 heterocycles. The van der Waals surface area contributed by atoms with Crippen LogP contribution in [0.1, 0.15) is 35.2 Å². The van der Waals surface area contributed by atoms with Crippen molar-refractivity contribution in [2.75, 3.05) is 13.1 Å². The maximum absolute atomic E-state index is 11.2. The summed E-state index contributed by atoms with van der Waals surface area (Å²) in [5.74, 6) is -0.0248. The van der Waals surface area contributed by atoms with Crippen molar-refractivity contribution in [1.82, 2.24) is 19.4 Å². The molecule has 0 saturated carbocycles. The third-order valence-corrected chi connectivity index (χ3v) is 3.93. The third-order valence-electron chi connectivity index (χ3n) is 3.93. The van der Waals surface area contributed by atoms with Crippen LogP contribution in [0, 0.1) is 0 Å². The molecule has 0 amide bonds. The van der Waals surface area contributed by atoms with Gasteiger partial charge in [0, 0.05) is 37.7 Å². The van der Waals surface area contributed by atoms with Crippen LogP contribution in [-0.4, -0.2) is 43.6 Å². The predicted molar refractivity (Wildman–Crippen MR) is 77.0 cm³/mol. The number of likely N-dealkylation sites (tertiary alicyclic amines) is 1. The van der Waals surface area contributed by atoms with E-state index in [1.807, 2.05) is 16.8 Å². The summed E-state index contributed by atoms with van der Waals surface area (Å²) in [5.41, 5.74) is 0.375. The molecule has 2 aromatic rings. The van der Waals surface area contributed by atoms with E-state index in [9.17, 15) is 9.90 Å². The fraction of sp³-hybridized carbons (Fsp3) is 0.400. The van der Waals surface area contributed by atoms with E-state index in [0.717, 1.165) is 38.3 Å². The van der Waals surface area contributed by atoms with Gasteiger partial charge in [0.05, 0.1) is 6.54 Å². The molecule has 1 fully saturated rings. The van der Waals surface area contributed by atoms with Gasteiger partial charge in [-0.25, -0.2) is 14.8 Å². The maximum Gasteiger partial charge on any atom is 0.352 e. The van der Waals surface area contributed by atoms with Crippen molar-refractivity contribution in [2.45, 2.75) is 25.4 Å². The molecule has 0 unspecified atom stereocenters. The Hall–Kier alpha value is -2.21. The number of aromatic carboxylic acids is 1. The van der Waals surface area contributed by atoms with E-state index in [0.29, 0.717) is 5.69 Å². The third kappa shape index (κ3) is 3.11. The molecule has 1 aliphatic rings. The number of nitrogens with zero attached hydrogens (tertiary/aromatic N) is 4. The molecule has 0 spiro atoms. The van der Waals surface area contributed by atoms with Gasteiger partial charge in [0.1, 0.15) is 11.5 Å². The lowest BCUT2D eigenvalue weighted by Gasteiger charge is -2.32. The fourth-order valence-corrected chi connectivity index (χ4v) is 2.86. The molecule has 110 valence electrons. The van der Waals surface area contributed by atoms with Gasteiger partial charge in [-0.05, 0) is 31.0 Å². The molecule has 3 rings (SSSR count). The predicted octanol–water partition coefficient (Wildman–Crippen LogP) is 1.81. The zero-order valence-corrected chi connectivity index (χ0v) is 11.7.